The highest BCUT2D eigenvalue weighted by Crippen LogP contribution is 2.18. The Kier molecular flexibility index (Phi) is 4.84. The molecule has 0 aliphatic heterocycles. The van der Waals surface area contributed by atoms with Gasteiger partial charge >= 0.3 is 0 Å². The first-order chi connectivity index (χ1) is 7.93. The fourth-order valence-corrected chi connectivity index (χ4v) is 1.43. The van der Waals surface area contributed by atoms with Crippen LogP contribution in [-0.2, 0) is 0 Å². The van der Waals surface area contributed by atoms with Gasteiger partial charge in [-0.25, -0.2) is 4.98 Å². The first kappa shape index (κ1) is 13.9. The zero-order chi connectivity index (χ0) is 13.0. The number of rotatable bonds is 4. The normalized spacial score (nSPS) is 10.7. The highest BCUT2D eigenvalue weighted by molar-refractivity contribution is 6.33. The summed E-state index contributed by atoms with van der Waals surface area (Å²) < 4.78 is 13.1. The Morgan fingerprint density at radius 1 is 1.41 bits per heavy atom. The van der Waals surface area contributed by atoms with Crippen molar-refractivity contribution >= 4 is 17.5 Å². The van der Waals surface area contributed by atoms with Crippen molar-refractivity contribution in [2.75, 3.05) is 34.2 Å². The number of carbonyl (C=O) groups excluding carboxylic acids is 1. The predicted octanol–water partition coefficient (Wildman–Crippen LogP) is 1.51. The summed E-state index contributed by atoms with van der Waals surface area (Å²) in [5.41, 5.74) is 0.139. The Bertz CT molecular complexity index is 412. The first-order valence-electron chi connectivity index (χ1n) is 5.13. The molecule has 4 nitrogen and oxygen atoms in total. The van der Waals surface area contributed by atoms with Crippen LogP contribution in [0.1, 0.15) is 10.4 Å². The van der Waals surface area contributed by atoms with Gasteiger partial charge in [-0.1, -0.05) is 11.6 Å². The topological polar surface area (TPSA) is 36.4 Å². The van der Waals surface area contributed by atoms with E-state index in [0.717, 1.165) is 6.54 Å². The van der Waals surface area contributed by atoms with Crippen LogP contribution in [0.2, 0.25) is 5.02 Å². The lowest BCUT2D eigenvalue weighted by Crippen LogP contribution is -2.33. The molecule has 0 N–H and O–H groups in total. The number of aromatic nitrogens is 1. The zero-order valence-corrected chi connectivity index (χ0v) is 10.8. The fraction of sp³-hybridized carbons (Fsp3) is 0.455. The van der Waals surface area contributed by atoms with Crippen LogP contribution in [0, 0.1) is 5.95 Å². The van der Waals surface area contributed by atoms with Gasteiger partial charge in [0.05, 0.1) is 5.56 Å². The molecule has 1 aromatic rings. The highest BCUT2D eigenvalue weighted by atomic mass is 35.5. The zero-order valence-electron chi connectivity index (χ0n) is 10.1. The molecular formula is C11H15ClFN3O. The Morgan fingerprint density at radius 3 is 2.65 bits per heavy atom. The van der Waals surface area contributed by atoms with E-state index in [2.05, 4.69) is 4.98 Å². The highest BCUT2D eigenvalue weighted by Gasteiger charge is 2.17. The van der Waals surface area contributed by atoms with Gasteiger partial charge in [-0.15, -0.1) is 0 Å². The van der Waals surface area contributed by atoms with Gasteiger partial charge in [0, 0.05) is 26.3 Å². The van der Waals surface area contributed by atoms with Crippen LogP contribution < -0.4 is 0 Å². The van der Waals surface area contributed by atoms with Crippen LogP contribution >= 0.6 is 11.6 Å². The minimum absolute atomic E-state index is 0.139. The Balaban J connectivity index is 2.78. The lowest BCUT2D eigenvalue weighted by molar-refractivity contribution is 0.0786. The summed E-state index contributed by atoms with van der Waals surface area (Å²) >= 11 is 5.70. The van der Waals surface area contributed by atoms with Gasteiger partial charge < -0.3 is 9.80 Å². The fourth-order valence-electron chi connectivity index (χ4n) is 1.24. The Labute approximate surface area is 105 Å². The summed E-state index contributed by atoms with van der Waals surface area (Å²) in [6.45, 7) is 1.28. The maximum absolute atomic E-state index is 13.1. The predicted molar refractivity (Wildman–Crippen MR) is 64.7 cm³/mol. The molecule has 0 atom stereocenters. The number of likely N-dealkylation sites (N-methyl/N-ethyl adjacent to an activating group) is 2. The molecule has 0 radical (unpaired) electrons. The van der Waals surface area contributed by atoms with Gasteiger partial charge in [-0.05, 0) is 20.2 Å². The van der Waals surface area contributed by atoms with E-state index in [0.29, 0.717) is 6.54 Å². The van der Waals surface area contributed by atoms with Gasteiger partial charge in [-0.3, -0.25) is 4.79 Å². The second-order valence-electron chi connectivity index (χ2n) is 3.99. The van der Waals surface area contributed by atoms with Crippen molar-refractivity contribution in [2.45, 2.75) is 0 Å². The van der Waals surface area contributed by atoms with E-state index < -0.39 is 5.95 Å². The van der Waals surface area contributed by atoms with Crippen LogP contribution in [0.25, 0.3) is 0 Å². The van der Waals surface area contributed by atoms with Crippen molar-refractivity contribution < 1.29 is 9.18 Å². The first-order valence-corrected chi connectivity index (χ1v) is 5.51. The SMILES string of the molecule is CN(C)CCN(C)C(=O)c1ccnc(F)c1Cl. The van der Waals surface area contributed by atoms with Crippen molar-refractivity contribution in [1.29, 1.82) is 0 Å². The molecule has 0 saturated carbocycles. The molecule has 0 bridgehead atoms. The third kappa shape index (κ3) is 3.64. The van der Waals surface area contributed by atoms with Crippen molar-refractivity contribution in [3.05, 3.63) is 28.8 Å². The number of carbonyl (C=O) groups is 1. The average Bonchev–Trinajstić information content (AvgIpc) is 2.28. The molecule has 0 aromatic carbocycles. The van der Waals surface area contributed by atoms with Gasteiger partial charge in [0.1, 0.15) is 5.02 Å². The molecule has 1 rings (SSSR count). The molecule has 0 unspecified atom stereocenters. The molecule has 1 amide bonds. The maximum atomic E-state index is 13.1. The van der Waals surface area contributed by atoms with Gasteiger partial charge in [0.25, 0.3) is 5.91 Å². The molecule has 0 aliphatic rings. The van der Waals surface area contributed by atoms with E-state index >= 15 is 0 Å². The second kappa shape index (κ2) is 5.93. The molecule has 0 aliphatic carbocycles. The Morgan fingerprint density at radius 2 is 2.06 bits per heavy atom. The summed E-state index contributed by atoms with van der Waals surface area (Å²) in [5.74, 6) is -1.13. The molecule has 17 heavy (non-hydrogen) atoms. The molecule has 1 heterocycles. The number of hydrogen-bond donors (Lipinski definition) is 0. The van der Waals surface area contributed by atoms with Gasteiger partial charge in [-0.2, -0.15) is 4.39 Å². The average molecular weight is 260 g/mol. The van der Waals surface area contributed by atoms with Crippen molar-refractivity contribution in [1.82, 2.24) is 14.8 Å². The summed E-state index contributed by atoms with van der Waals surface area (Å²) in [7, 11) is 5.48. The molecular weight excluding hydrogens is 245 g/mol. The van der Waals surface area contributed by atoms with Crippen LogP contribution in [0.5, 0.6) is 0 Å². The summed E-state index contributed by atoms with van der Waals surface area (Å²) in [4.78, 5) is 18.8. The molecule has 6 heteroatoms. The quantitative estimate of drug-likeness (QED) is 0.769. The van der Waals surface area contributed by atoms with Crippen LogP contribution in [0.15, 0.2) is 12.3 Å². The minimum Gasteiger partial charge on any atom is -0.340 e. The van der Waals surface area contributed by atoms with Crippen LogP contribution in [0.4, 0.5) is 4.39 Å². The molecule has 0 saturated heterocycles. The van der Waals surface area contributed by atoms with Crippen LogP contribution in [-0.4, -0.2) is 54.9 Å². The summed E-state index contributed by atoms with van der Waals surface area (Å²) in [6, 6.07) is 1.42. The van der Waals surface area contributed by atoms with E-state index in [-0.39, 0.29) is 16.5 Å². The van der Waals surface area contributed by atoms with E-state index in [9.17, 15) is 9.18 Å². The molecule has 0 spiro atoms. The lowest BCUT2D eigenvalue weighted by Gasteiger charge is -2.20. The number of amides is 1. The van der Waals surface area contributed by atoms with Crippen LogP contribution in [0.3, 0.4) is 0 Å². The van der Waals surface area contributed by atoms with E-state index in [4.69, 9.17) is 11.6 Å². The summed E-state index contributed by atoms with van der Waals surface area (Å²) in [5, 5.41) is -0.228. The van der Waals surface area contributed by atoms with E-state index in [1.807, 2.05) is 19.0 Å². The smallest absolute Gasteiger partial charge is 0.255 e. The standard InChI is InChI=1S/C11H15ClFN3O/c1-15(2)6-7-16(3)11(17)8-4-5-14-10(13)9(8)12/h4-5H,6-7H2,1-3H3. The third-order valence-corrected chi connectivity index (χ3v) is 2.67. The lowest BCUT2D eigenvalue weighted by atomic mass is 10.2. The van der Waals surface area contributed by atoms with E-state index in [1.54, 1.807) is 7.05 Å². The van der Waals surface area contributed by atoms with Gasteiger partial charge in [0.15, 0.2) is 0 Å². The monoisotopic (exact) mass is 259 g/mol. The number of nitrogens with zero attached hydrogens (tertiary/aromatic N) is 3. The number of pyridine rings is 1. The van der Waals surface area contributed by atoms with Gasteiger partial charge in [0.2, 0.25) is 5.95 Å². The number of halogens is 2. The Hall–Kier alpha value is -1.20. The third-order valence-electron chi connectivity index (χ3n) is 2.31. The number of hydrogen-bond acceptors (Lipinski definition) is 3. The van der Waals surface area contributed by atoms with Crippen molar-refractivity contribution in [2.24, 2.45) is 0 Å². The van der Waals surface area contributed by atoms with E-state index in [1.165, 1.54) is 17.2 Å². The molecule has 1 aromatic heterocycles. The molecule has 0 fully saturated rings. The van der Waals surface area contributed by atoms with Crippen molar-refractivity contribution in [3.8, 4) is 0 Å². The maximum Gasteiger partial charge on any atom is 0.255 e. The second-order valence-corrected chi connectivity index (χ2v) is 4.37. The largest absolute Gasteiger partial charge is 0.340 e. The summed E-state index contributed by atoms with van der Waals surface area (Å²) in [6.07, 6.45) is 1.23. The van der Waals surface area contributed by atoms with Crippen molar-refractivity contribution in [3.63, 3.8) is 0 Å². The molecule has 94 valence electrons. The minimum atomic E-state index is -0.821.